The first-order chi connectivity index (χ1) is 13.0. The number of rotatable bonds is 13. The van der Waals surface area contributed by atoms with Crippen LogP contribution in [0.1, 0.15) is 58.4 Å². The van der Waals surface area contributed by atoms with Gasteiger partial charge in [0, 0.05) is 12.8 Å². The summed E-state index contributed by atoms with van der Waals surface area (Å²) in [5.41, 5.74) is 1.23. The zero-order chi connectivity index (χ0) is 20.1. The number of carbonyl (C=O) groups excluding carboxylic acids is 2. The number of ether oxygens (including phenoxy) is 2. The van der Waals surface area contributed by atoms with E-state index in [1.54, 1.807) is 0 Å². The van der Waals surface area contributed by atoms with Gasteiger partial charge in [0.05, 0.1) is 21.3 Å². The van der Waals surface area contributed by atoms with Crippen LogP contribution in [-0.2, 0) is 19.1 Å². The van der Waals surface area contributed by atoms with E-state index in [0.29, 0.717) is 26.1 Å². The lowest BCUT2D eigenvalue weighted by Crippen LogP contribution is -2.48. The molecule has 0 aliphatic rings. The van der Waals surface area contributed by atoms with E-state index >= 15 is 0 Å². The average Bonchev–Trinajstić information content (AvgIpc) is 2.65. The molecule has 0 aromatic heterocycles. The second-order valence-corrected chi connectivity index (χ2v) is 11.9. The summed E-state index contributed by atoms with van der Waals surface area (Å²) in [6.07, 6.45) is 4.35. The number of benzene rings is 1. The van der Waals surface area contributed by atoms with Gasteiger partial charge in [0.25, 0.3) is 0 Å². The fourth-order valence-corrected chi connectivity index (χ4v) is 8.36. The second kappa shape index (κ2) is 12.7. The van der Waals surface area contributed by atoms with Gasteiger partial charge in [0.2, 0.25) is 0 Å². The first kappa shape index (κ1) is 23.4. The summed E-state index contributed by atoms with van der Waals surface area (Å²) in [5, 5.41) is 1.35. The predicted molar refractivity (Wildman–Crippen MR) is 113 cm³/mol. The molecule has 4 nitrogen and oxygen atoms in total. The van der Waals surface area contributed by atoms with Crippen molar-refractivity contribution in [1.82, 2.24) is 0 Å². The van der Waals surface area contributed by atoms with Crippen LogP contribution < -0.4 is 5.19 Å². The van der Waals surface area contributed by atoms with Crippen LogP contribution in [0.5, 0.6) is 0 Å². The fourth-order valence-electron chi connectivity index (χ4n) is 3.58. The van der Waals surface area contributed by atoms with Gasteiger partial charge in [-0.05, 0) is 32.9 Å². The minimum absolute atomic E-state index is 0.131. The molecule has 0 atom stereocenters. The lowest BCUT2D eigenvalue weighted by atomic mass is 10.2. The third-order valence-corrected chi connectivity index (χ3v) is 10.4. The highest BCUT2D eigenvalue weighted by Crippen LogP contribution is 2.28. The summed E-state index contributed by atoms with van der Waals surface area (Å²) in [4.78, 5) is 24.1. The number of unbranched alkanes of at least 4 members (excludes halogenated alkanes) is 2. The third kappa shape index (κ3) is 8.29. The third-order valence-electron chi connectivity index (χ3n) is 5.15. The first-order valence-corrected chi connectivity index (χ1v) is 13.0. The van der Waals surface area contributed by atoms with Gasteiger partial charge in [0.15, 0.2) is 0 Å². The largest absolute Gasteiger partial charge is 0.466 e. The van der Waals surface area contributed by atoms with Gasteiger partial charge in [0.1, 0.15) is 0 Å². The molecule has 0 bridgehead atoms. The Bertz CT molecular complexity index is 546. The van der Waals surface area contributed by atoms with Crippen molar-refractivity contribution >= 4 is 25.2 Å². The molecule has 0 saturated heterocycles. The lowest BCUT2D eigenvalue weighted by molar-refractivity contribution is -0.143. The standard InChI is InChI=1S/C22H36O4Si/c1-5-8-9-16-27(17-14-21(23)25-6-2,18-15-22(24)26-7-3)20-12-10-19(4)11-13-20/h10-13H,5-9,14-18H2,1-4H3. The summed E-state index contributed by atoms with van der Waals surface area (Å²) in [5.74, 6) is -0.263. The molecule has 0 saturated carbocycles. The maximum Gasteiger partial charge on any atom is 0.305 e. The fraction of sp³-hybridized carbons (Fsp3) is 0.636. The van der Waals surface area contributed by atoms with E-state index in [-0.39, 0.29) is 11.9 Å². The minimum atomic E-state index is -2.02. The summed E-state index contributed by atoms with van der Waals surface area (Å²) in [7, 11) is -2.02. The second-order valence-electron chi connectivity index (χ2n) is 7.21. The summed E-state index contributed by atoms with van der Waals surface area (Å²) < 4.78 is 10.3. The summed E-state index contributed by atoms with van der Waals surface area (Å²) in [6.45, 7) is 8.79. The Hall–Kier alpha value is -1.62. The van der Waals surface area contributed by atoms with Gasteiger partial charge in [-0.1, -0.05) is 67.2 Å². The van der Waals surface area contributed by atoms with E-state index in [9.17, 15) is 9.59 Å². The number of carbonyl (C=O) groups is 2. The van der Waals surface area contributed by atoms with Crippen LogP contribution in [0.3, 0.4) is 0 Å². The molecule has 0 fully saturated rings. The number of hydrogen-bond acceptors (Lipinski definition) is 4. The molecule has 0 spiro atoms. The van der Waals surface area contributed by atoms with Gasteiger partial charge in [-0.3, -0.25) is 9.59 Å². The van der Waals surface area contributed by atoms with Gasteiger partial charge >= 0.3 is 11.9 Å². The molecule has 0 unspecified atom stereocenters. The van der Waals surface area contributed by atoms with Crippen LogP contribution in [0.25, 0.3) is 0 Å². The van der Waals surface area contributed by atoms with Crippen LogP contribution >= 0.6 is 0 Å². The Kier molecular flexibility index (Phi) is 11.0. The van der Waals surface area contributed by atoms with Crippen molar-refractivity contribution in [3.05, 3.63) is 29.8 Å². The van der Waals surface area contributed by atoms with Gasteiger partial charge in [-0.15, -0.1) is 0 Å². The van der Waals surface area contributed by atoms with Crippen LogP contribution in [0, 0.1) is 6.92 Å². The monoisotopic (exact) mass is 392 g/mol. The quantitative estimate of drug-likeness (QED) is 0.276. The molecule has 0 N–H and O–H groups in total. The molecule has 0 heterocycles. The van der Waals surface area contributed by atoms with Crippen molar-refractivity contribution < 1.29 is 19.1 Å². The van der Waals surface area contributed by atoms with Crippen molar-refractivity contribution in [3.63, 3.8) is 0 Å². The van der Waals surface area contributed by atoms with Crippen molar-refractivity contribution in [2.75, 3.05) is 13.2 Å². The molecule has 0 aliphatic carbocycles. The molecule has 1 rings (SSSR count). The normalized spacial score (nSPS) is 11.3. The summed E-state index contributed by atoms with van der Waals surface area (Å²) in [6, 6.07) is 11.5. The molecular weight excluding hydrogens is 356 g/mol. The van der Waals surface area contributed by atoms with E-state index in [4.69, 9.17) is 9.47 Å². The van der Waals surface area contributed by atoms with Gasteiger partial charge < -0.3 is 9.47 Å². The van der Waals surface area contributed by atoms with Gasteiger partial charge in [-0.2, -0.15) is 0 Å². The van der Waals surface area contributed by atoms with E-state index in [1.807, 2.05) is 13.8 Å². The summed E-state index contributed by atoms with van der Waals surface area (Å²) >= 11 is 0. The SMILES string of the molecule is CCCCC[Si](CCC(=O)OCC)(CCC(=O)OCC)c1ccc(C)cc1. The Morgan fingerprint density at radius 2 is 1.33 bits per heavy atom. The number of aryl methyl sites for hydroxylation is 1. The lowest BCUT2D eigenvalue weighted by Gasteiger charge is -2.32. The predicted octanol–water partition coefficient (Wildman–Crippen LogP) is 4.75. The minimum Gasteiger partial charge on any atom is -0.466 e. The van der Waals surface area contributed by atoms with E-state index in [1.165, 1.54) is 17.2 Å². The van der Waals surface area contributed by atoms with E-state index in [0.717, 1.165) is 31.0 Å². The maximum atomic E-state index is 12.1. The smallest absolute Gasteiger partial charge is 0.305 e. The molecular formula is C22H36O4Si. The molecule has 152 valence electrons. The van der Waals surface area contributed by atoms with Crippen LogP contribution in [0.4, 0.5) is 0 Å². The topological polar surface area (TPSA) is 52.6 Å². The molecule has 0 radical (unpaired) electrons. The Balaban J connectivity index is 3.08. The van der Waals surface area contributed by atoms with Crippen molar-refractivity contribution in [2.24, 2.45) is 0 Å². The highest BCUT2D eigenvalue weighted by atomic mass is 28.3. The van der Waals surface area contributed by atoms with E-state index in [2.05, 4.69) is 38.1 Å². The molecule has 5 heteroatoms. The molecule has 27 heavy (non-hydrogen) atoms. The van der Waals surface area contributed by atoms with Crippen LogP contribution in [0.2, 0.25) is 18.1 Å². The van der Waals surface area contributed by atoms with Crippen LogP contribution in [-0.4, -0.2) is 33.2 Å². The molecule has 0 aliphatic heterocycles. The first-order valence-electron chi connectivity index (χ1n) is 10.4. The molecule has 0 amide bonds. The number of esters is 2. The van der Waals surface area contributed by atoms with Crippen molar-refractivity contribution in [3.8, 4) is 0 Å². The zero-order valence-electron chi connectivity index (χ0n) is 17.5. The Morgan fingerprint density at radius 1 is 0.815 bits per heavy atom. The highest BCUT2D eigenvalue weighted by molar-refractivity contribution is 6.92. The van der Waals surface area contributed by atoms with Gasteiger partial charge in [-0.25, -0.2) is 0 Å². The Morgan fingerprint density at radius 3 is 1.78 bits per heavy atom. The van der Waals surface area contributed by atoms with Crippen LogP contribution in [0.15, 0.2) is 24.3 Å². The van der Waals surface area contributed by atoms with Crippen molar-refractivity contribution in [2.45, 2.75) is 77.9 Å². The average molecular weight is 393 g/mol. The molecule has 1 aromatic rings. The van der Waals surface area contributed by atoms with E-state index < -0.39 is 8.07 Å². The Labute approximate surface area is 165 Å². The molecule has 1 aromatic carbocycles. The maximum absolute atomic E-state index is 12.1. The van der Waals surface area contributed by atoms with Crippen molar-refractivity contribution in [1.29, 1.82) is 0 Å². The zero-order valence-corrected chi connectivity index (χ0v) is 18.5. The number of hydrogen-bond donors (Lipinski definition) is 0. The highest BCUT2D eigenvalue weighted by Gasteiger charge is 2.35.